The van der Waals surface area contributed by atoms with E-state index in [1.807, 2.05) is 13.1 Å². The maximum Gasteiger partial charge on any atom is 0.308 e. The molecule has 0 bridgehead atoms. The molecule has 0 radical (unpaired) electrons. The van der Waals surface area contributed by atoms with Gasteiger partial charge in [-0.15, -0.1) is 0 Å². The fourth-order valence-corrected chi connectivity index (χ4v) is 5.00. The van der Waals surface area contributed by atoms with Crippen molar-refractivity contribution in [1.82, 2.24) is 4.90 Å². The first-order valence-electron chi connectivity index (χ1n) is 10.0. The van der Waals surface area contributed by atoms with Gasteiger partial charge < -0.3 is 9.47 Å². The number of nitrogens with zero attached hydrogens (tertiary/aromatic N) is 1. The lowest BCUT2D eigenvalue weighted by Gasteiger charge is -2.49. The zero-order valence-corrected chi connectivity index (χ0v) is 16.8. The van der Waals surface area contributed by atoms with Crippen molar-refractivity contribution in [2.75, 3.05) is 20.3 Å². The standard InChI is InChI=1S/C22H31NO4/c1-16(24)26-15-23(3)13-12-22-11-5-4-6-19(22)9-7-18-8-10-20(14-21(18)22)27-17(2)25/h8,10,14,19H,4-7,9,11-13,15H2,1-3H3/t19-,22?/m1/s1. The third kappa shape index (κ3) is 4.52. The van der Waals surface area contributed by atoms with Crippen molar-refractivity contribution in [2.45, 2.75) is 64.2 Å². The molecule has 1 aromatic carbocycles. The van der Waals surface area contributed by atoms with E-state index in [1.165, 1.54) is 57.1 Å². The van der Waals surface area contributed by atoms with Gasteiger partial charge in [0.25, 0.3) is 0 Å². The molecule has 5 heteroatoms. The van der Waals surface area contributed by atoms with Gasteiger partial charge in [0.2, 0.25) is 0 Å². The summed E-state index contributed by atoms with van der Waals surface area (Å²) < 4.78 is 10.5. The molecule has 1 unspecified atom stereocenters. The fraction of sp³-hybridized carbons (Fsp3) is 0.636. The Hall–Kier alpha value is -1.88. The molecule has 0 aromatic heterocycles. The SMILES string of the molecule is CC(=O)OCN(C)CCC12CCCC[C@@H]1CCc1ccc(OC(C)=O)cc12. The van der Waals surface area contributed by atoms with Crippen molar-refractivity contribution in [3.05, 3.63) is 29.3 Å². The summed E-state index contributed by atoms with van der Waals surface area (Å²) in [5.74, 6) is 0.805. The molecule has 148 valence electrons. The second-order valence-electron chi connectivity index (χ2n) is 8.14. The Balaban J connectivity index is 1.85. The maximum atomic E-state index is 11.4. The Morgan fingerprint density at radius 2 is 2.00 bits per heavy atom. The van der Waals surface area contributed by atoms with Gasteiger partial charge in [-0.1, -0.05) is 18.9 Å². The third-order valence-corrected chi connectivity index (χ3v) is 6.28. The average molecular weight is 373 g/mol. The topological polar surface area (TPSA) is 55.8 Å². The number of hydrogen-bond donors (Lipinski definition) is 0. The van der Waals surface area contributed by atoms with Crippen LogP contribution in [0.2, 0.25) is 0 Å². The van der Waals surface area contributed by atoms with E-state index in [0.29, 0.717) is 18.4 Å². The highest BCUT2D eigenvalue weighted by molar-refractivity contribution is 5.69. The van der Waals surface area contributed by atoms with E-state index in [1.54, 1.807) is 0 Å². The molecule has 2 aliphatic carbocycles. The van der Waals surface area contributed by atoms with Gasteiger partial charge in [0.1, 0.15) is 12.5 Å². The lowest BCUT2D eigenvalue weighted by Crippen LogP contribution is -2.44. The van der Waals surface area contributed by atoms with E-state index < -0.39 is 0 Å². The summed E-state index contributed by atoms with van der Waals surface area (Å²) in [4.78, 5) is 24.6. The van der Waals surface area contributed by atoms with Crippen molar-refractivity contribution in [2.24, 2.45) is 5.92 Å². The van der Waals surface area contributed by atoms with Crippen molar-refractivity contribution < 1.29 is 19.1 Å². The van der Waals surface area contributed by atoms with Gasteiger partial charge in [-0.25, -0.2) is 0 Å². The highest BCUT2D eigenvalue weighted by Gasteiger charge is 2.45. The quantitative estimate of drug-likeness (QED) is 0.431. The van der Waals surface area contributed by atoms with Gasteiger partial charge in [0.15, 0.2) is 0 Å². The van der Waals surface area contributed by atoms with Gasteiger partial charge >= 0.3 is 11.9 Å². The van der Waals surface area contributed by atoms with E-state index >= 15 is 0 Å². The van der Waals surface area contributed by atoms with Crippen LogP contribution >= 0.6 is 0 Å². The normalized spacial score (nSPS) is 24.1. The monoisotopic (exact) mass is 373 g/mol. The van der Waals surface area contributed by atoms with Crippen molar-refractivity contribution >= 4 is 11.9 Å². The minimum atomic E-state index is -0.277. The molecule has 2 aliphatic rings. The Labute approximate surface area is 162 Å². The van der Waals surface area contributed by atoms with Crippen LogP contribution in [0, 0.1) is 5.92 Å². The van der Waals surface area contributed by atoms with Crippen LogP contribution in [0.5, 0.6) is 5.75 Å². The summed E-state index contributed by atoms with van der Waals surface area (Å²) in [6.45, 7) is 4.09. The second kappa shape index (κ2) is 8.42. The van der Waals surface area contributed by atoms with Gasteiger partial charge in [0.05, 0.1) is 0 Å². The minimum absolute atomic E-state index is 0.131. The Morgan fingerprint density at radius 3 is 2.74 bits per heavy atom. The van der Waals surface area contributed by atoms with Crippen molar-refractivity contribution in [3.8, 4) is 5.75 Å². The highest BCUT2D eigenvalue weighted by Crippen LogP contribution is 2.52. The summed E-state index contributed by atoms with van der Waals surface area (Å²) in [6.07, 6.45) is 8.35. The van der Waals surface area contributed by atoms with Crippen LogP contribution in [-0.2, 0) is 26.2 Å². The maximum absolute atomic E-state index is 11.4. The van der Waals surface area contributed by atoms with Crippen LogP contribution in [0.4, 0.5) is 0 Å². The first-order chi connectivity index (χ1) is 12.9. The van der Waals surface area contributed by atoms with Crippen LogP contribution in [0.1, 0.15) is 63.5 Å². The van der Waals surface area contributed by atoms with Gasteiger partial charge in [-0.05, 0) is 73.7 Å². The number of carbonyl (C=O) groups is 2. The predicted octanol–water partition coefficient (Wildman–Crippen LogP) is 3.83. The van der Waals surface area contributed by atoms with E-state index in [-0.39, 0.29) is 17.4 Å². The van der Waals surface area contributed by atoms with E-state index in [9.17, 15) is 9.59 Å². The smallest absolute Gasteiger partial charge is 0.308 e. The first kappa shape index (κ1) is 19.9. The molecule has 0 amide bonds. The van der Waals surface area contributed by atoms with Crippen LogP contribution in [0.15, 0.2) is 18.2 Å². The fourth-order valence-electron chi connectivity index (χ4n) is 5.00. The lowest BCUT2D eigenvalue weighted by molar-refractivity contribution is -0.145. The molecule has 0 heterocycles. The van der Waals surface area contributed by atoms with E-state index in [2.05, 4.69) is 17.0 Å². The first-order valence-corrected chi connectivity index (χ1v) is 10.0. The van der Waals surface area contributed by atoms with Gasteiger partial charge in [0, 0.05) is 20.4 Å². The number of aryl methyl sites for hydroxylation is 1. The number of ether oxygens (including phenoxy) is 2. The van der Waals surface area contributed by atoms with Crippen LogP contribution in [0.25, 0.3) is 0 Å². The molecule has 0 N–H and O–H groups in total. The molecular weight excluding hydrogens is 342 g/mol. The minimum Gasteiger partial charge on any atom is -0.450 e. The van der Waals surface area contributed by atoms with Crippen LogP contribution < -0.4 is 4.74 Å². The number of carbonyl (C=O) groups excluding carboxylic acids is 2. The van der Waals surface area contributed by atoms with Gasteiger partial charge in [-0.2, -0.15) is 0 Å². The van der Waals surface area contributed by atoms with Crippen molar-refractivity contribution in [1.29, 1.82) is 0 Å². The summed E-state index contributed by atoms with van der Waals surface area (Å²) in [7, 11) is 2.00. The number of rotatable bonds is 6. The largest absolute Gasteiger partial charge is 0.450 e. The molecule has 1 aromatic rings. The highest BCUT2D eigenvalue weighted by atomic mass is 16.5. The molecule has 2 atom stereocenters. The van der Waals surface area contributed by atoms with Crippen LogP contribution in [-0.4, -0.2) is 37.2 Å². The summed E-state index contributed by atoms with van der Waals surface area (Å²) in [6, 6.07) is 6.17. The zero-order chi connectivity index (χ0) is 19.4. The molecule has 1 saturated carbocycles. The Kier molecular flexibility index (Phi) is 6.20. The number of benzene rings is 1. The molecular formula is C22H31NO4. The molecule has 0 aliphatic heterocycles. The molecule has 3 rings (SSSR count). The number of fused-ring (bicyclic) bond motifs is 3. The summed E-state index contributed by atoms with van der Waals surface area (Å²) in [5, 5.41) is 0. The van der Waals surface area contributed by atoms with E-state index in [4.69, 9.17) is 9.47 Å². The number of esters is 2. The summed E-state index contributed by atoms with van der Waals surface area (Å²) in [5.41, 5.74) is 2.90. The Morgan fingerprint density at radius 1 is 1.19 bits per heavy atom. The Bertz CT molecular complexity index is 702. The summed E-state index contributed by atoms with van der Waals surface area (Å²) >= 11 is 0. The van der Waals surface area contributed by atoms with Gasteiger partial charge in [-0.3, -0.25) is 14.5 Å². The number of hydrogen-bond acceptors (Lipinski definition) is 5. The van der Waals surface area contributed by atoms with Crippen LogP contribution in [0.3, 0.4) is 0 Å². The molecule has 0 saturated heterocycles. The molecule has 0 spiro atoms. The average Bonchev–Trinajstić information content (AvgIpc) is 2.64. The lowest BCUT2D eigenvalue weighted by atomic mass is 9.56. The van der Waals surface area contributed by atoms with E-state index in [0.717, 1.165) is 19.4 Å². The molecule has 5 nitrogen and oxygen atoms in total. The van der Waals surface area contributed by atoms with Crippen molar-refractivity contribution in [3.63, 3.8) is 0 Å². The molecule has 27 heavy (non-hydrogen) atoms. The predicted molar refractivity (Wildman–Crippen MR) is 104 cm³/mol. The third-order valence-electron chi connectivity index (χ3n) is 6.28. The zero-order valence-electron chi connectivity index (χ0n) is 16.8. The second-order valence-corrected chi connectivity index (χ2v) is 8.14. The molecule has 1 fully saturated rings.